The third-order valence-electron chi connectivity index (χ3n) is 5.15. The molecule has 0 N–H and O–H groups in total. The molecule has 0 saturated heterocycles. The van der Waals surface area contributed by atoms with E-state index in [1.807, 2.05) is 19.6 Å². The second kappa shape index (κ2) is 8.14. The van der Waals surface area contributed by atoms with Gasteiger partial charge in [-0.05, 0) is 37.8 Å². The van der Waals surface area contributed by atoms with E-state index in [0.29, 0.717) is 50.8 Å². The predicted molar refractivity (Wildman–Crippen MR) is 118 cm³/mol. The van der Waals surface area contributed by atoms with Gasteiger partial charge in [-0.3, -0.25) is 0 Å². The van der Waals surface area contributed by atoms with Crippen LogP contribution in [0.25, 0.3) is 11.1 Å². The summed E-state index contributed by atoms with van der Waals surface area (Å²) in [6, 6.07) is 9.88. The Balaban J connectivity index is 2.63. The molecule has 1 aliphatic carbocycles. The fraction of sp³-hybridized carbons (Fsp3) is 0.391. The van der Waals surface area contributed by atoms with Gasteiger partial charge in [-0.2, -0.15) is 10.5 Å². The van der Waals surface area contributed by atoms with Crippen LogP contribution in [0.4, 0.5) is 0 Å². The molecule has 2 aromatic carbocycles. The number of hydrogen-bond donors (Lipinski definition) is 0. The van der Waals surface area contributed by atoms with Crippen molar-refractivity contribution in [1.29, 1.82) is 10.5 Å². The molecule has 2 aromatic rings. The van der Waals surface area contributed by atoms with Crippen molar-refractivity contribution in [2.75, 3.05) is 28.4 Å². The summed E-state index contributed by atoms with van der Waals surface area (Å²) in [7, 11) is 3.92. The first-order valence-electron chi connectivity index (χ1n) is 9.75. The molecule has 1 atom stereocenters. The van der Waals surface area contributed by atoms with E-state index < -0.39 is 13.9 Å². The van der Waals surface area contributed by atoms with Gasteiger partial charge in [0.2, 0.25) is 5.60 Å². The average molecular weight is 439 g/mol. The Morgan fingerprint density at radius 3 is 1.90 bits per heavy atom. The molecule has 0 amide bonds. The maximum absolute atomic E-state index is 10.6. The number of nitrogens with zero attached hydrogens (tertiary/aromatic N) is 2. The first kappa shape index (κ1) is 22.5. The minimum Gasteiger partial charge on any atom is -0.496 e. The molecule has 31 heavy (non-hydrogen) atoms. The van der Waals surface area contributed by atoms with Crippen molar-refractivity contribution in [3.8, 4) is 46.3 Å². The van der Waals surface area contributed by atoms with Gasteiger partial charge in [0.05, 0.1) is 52.1 Å². The van der Waals surface area contributed by atoms with Crippen LogP contribution in [0.5, 0.6) is 23.0 Å². The quantitative estimate of drug-likeness (QED) is 0.592. The van der Waals surface area contributed by atoms with Gasteiger partial charge in [-0.25, -0.2) is 0 Å². The number of nitriles is 2. The topological polar surface area (TPSA) is 93.7 Å². The molecule has 0 heterocycles. The Morgan fingerprint density at radius 1 is 0.839 bits per heavy atom. The molecule has 1 aliphatic rings. The summed E-state index contributed by atoms with van der Waals surface area (Å²) in [5, 5.41) is 20.0. The molecule has 1 unspecified atom stereocenters. The number of rotatable bonds is 7. The van der Waals surface area contributed by atoms with Gasteiger partial charge in [0.25, 0.3) is 0 Å². The number of fused-ring (bicyclic) bond motifs is 3. The highest BCUT2D eigenvalue weighted by Gasteiger charge is 2.54. The first-order valence-corrected chi connectivity index (χ1v) is 13.2. The molecular formula is C23H26N2O5Si. The lowest BCUT2D eigenvalue weighted by Crippen LogP contribution is -2.40. The minimum atomic E-state index is -2.28. The van der Waals surface area contributed by atoms with Crippen molar-refractivity contribution in [2.24, 2.45) is 0 Å². The molecule has 0 fully saturated rings. The second-order valence-corrected chi connectivity index (χ2v) is 12.5. The van der Waals surface area contributed by atoms with Crippen LogP contribution >= 0.6 is 0 Å². The van der Waals surface area contributed by atoms with E-state index >= 15 is 0 Å². The normalized spacial score (nSPS) is 16.5. The van der Waals surface area contributed by atoms with Gasteiger partial charge in [-0.15, -0.1) is 0 Å². The third-order valence-corrected chi connectivity index (χ3v) is 6.07. The monoisotopic (exact) mass is 438 g/mol. The highest BCUT2D eigenvalue weighted by atomic mass is 28.4. The summed E-state index contributed by atoms with van der Waals surface area (Å²) < 4.78 is 29.5. The smallest absolute Gasteiger partial charge is 0.204 e. The second-order valence-electron chi connectivity index (χ2n) is 8.08. The zero-order chi connectivity index (χ0) is 23.0. The Labute approximate surface area is 183 Å². The summed E-state index contributed by atoms with van der Waals surface area (Å²) in [5.74, 6) is 1.98. The van der Waals surface area contributed by atoms with Crippen LogP contribution in [0, 0.1) is 22.7 Å². The number of benzene rings is 2. The SMILES string of the molecule is COc1ccc(OC)c2c1-c1c(OC)c(CC#N)cc(OC)c1C2(C#N)O[Si](C)(C)C. The molecule has 0 saturated carbocycles. The van der Waals surface area contributed by atoms with Crippen LogP contribution in [0.15, 0.2) is 18.2 Å². The standard InChI is InChI=1S/C23H26N2O5Si/c1-26-15-8-9-16(27-2)20-18(15)19-21(23(20,13-25)30-31(5,6)7)17(28-3)12-14(10-11-24)22(19)29-4/h8-9,12H,10H2,1-7H3. The van der Waals surface area contributed by atoms with Gasteiger partial charge < -0.3 is 23.4 Å². The van der Waals surface area contributed by atoms with E-state index in [9.17, 15) is 10.5 Å². The highest BCUT2D eigenvalue weighted by molar-refractivity contribution is 6.69. The fourth-order valence-corrected chi connectivity index (χ4v) is 5.38. The molecule has 162 valence electrons. The molecular weight excluding hydrogens is 412 g/mol. The molecule has 8 heteroatoms. The van der Waals surface area contributed by atoms with E-state index in [1.54, 1.807) is 39.5 Å². The average Bonchev–Trinajstić information content (AvgIpc) is 3.03. The van der Waals surface area contributed by atoms with Crippen molar-refractivity contribution < 1.29 is 23.4 Å². The summed E-state index contributed by atoms with van der Waals surface area (Å²) in [6.07, 6.45) is 0.114. The van der Waals surface area contributed by atoms with E-state index in [4.69, 9.17) is 23.4 Å². The summed E-state index contributed by atoms with van der Waals surface area (Å²) in [4.78, 5) is 0. The zero-order valence-electron chi connectivity index (χ0n) is 18.9. The Kier molecular flexibility index (Phi) is 5.91. The van der Waals surface area contributed by atoms with E-state index in [0.717, 1.165) is 0 Å². The molecule has 0 aliphatic heterocycles. The maximum atomic E-state index is 10.6. The maximum Gasteiger partial charge on any atom is 0.204 e. The molecule has 0 radical (unpaired) electrons. The van der Waals surface area contributed by atoms with Crippen molar-refractivity contribution >= 4 is 8.32 Å². The lowest BCUT2D eigenvalue weighted by molar-refractivity contribution is 0.160. The van der Waals surface area contributed by atoms with Gasteiger partial charge in [0.15, 0.2) is 8.32 Å². The Morgan fingerprint density at radius 2 is 1.42 bits per heavy atom. The largest absolute Gasteiger partial charge is 0.496 e. The molecule has 7 nitrogen and oxygen atoms in total. The van der Waals surface area contributed by atoms with Crippen molar-refractivity contribution in [3.63, 3.8) is 0 Å². The van der Waals surface area contributed by atoms with Crippen molar-refractivity contribution in [3.05, 3.63) is 34.9 Å². The molecule has 0 aromatic heterocycles. The van der Waals surface area contributed by atoms with Crippen LogP contribution in [-0.2, 0) is 16.4 Å². The summed E-state index contributed by atoms with van der Waals surface area (Å²) >= 11 is 0. The highest BCUT2D eigenvalue weighted by Crippen LogP contribution is 2.62. The first-order chi connectivity index (χ1) is 14.7. The Bertz CT molecular complexity index is 1110. The predicted octanol–water partition coefficient (Wildman–Crippen LogP) is 4.39. The summed E-state index contributed by atoms with van der Waals surface area (Å²) in [5.41, 5.74) is 1.53. The van der Waals surface area contributed by atoms with E-state index in [1.165, 1.54) is 7.11 Å². The lowest BCUT2D eigenvalue weighted by Gasteiger charge is -2.33. The van der Waals surface area contributed by atoms with Crippen LogP contribution < -0.4 is 18.9 Å². The molecule has 0 spiro atoms. The fourth-order valence-electron chi connectivity index (χ4n) is 4.22. The van der Waals surface area contributed by atoms with Gasteiger partial charge in [0.1, 0.15) is 29.1 Å². The molecule has 3 rings (SSSR count). The number of ether oxygens (including phenoxy) is 4. The number of methoxy groups -OCH3 is 4. The minimum absolute atomic E-state index is 0.114. The third kappa shape index (κ3) is 3.38. The lowest BCUT2D eigenvalue weighted by atomic mass is 9.90. The van der Waals surface area contributed by atoms with Crippen molar-refractivity contribution in [1.82, 2.24) is 0 Å². The van der Waals surface area contributed by atoms with Crippen LogP contribution in [0.2, 0.25) is 19.6 Å². The Hall–Kier alpha value is -3.20. The molecule has 0 bridgehead atoms. The van der Waals surface area contributed by atoms with Gasteiger partial charge in [-0.1, -0.05) is 0 Å². The van der Waals surface area contributed by atoms with Gasteiger partial charge >= 0.3 is 0 Å². The van der Waals surface area contributed by atoms with Crippen LogP contribution in [0.3, 0.4) is 0 Å². The zero-order valence-corrected chi connectivity index (χ0v) is 19.9. The van der Waals surface area contributed by atoms with Crippen LogP contribution in [-0.4, -0.2) is 36.8 Å². The van der Waals surface area contributed by atoms with Gasteiger partial charge in [0, 0.05) is 16.7 Å². The van der Waals surface area contributed by atoms with E-state index in [2.05, 4.69) is 12.1 Å². The van der Waals surface area contributed by atoms with Crippen molar-refractivity contribution in [2.45, 2.75) is 31.7 Å². The summed E-state index contributed by atoms with van der Waals surface area (Å²) in [6.45, 7) is 6.05. The van der Waals surface area contributed by atoms with E-state index in [-0.39, 0.29) is 6.42 Å². The number of hydrogen-bond acceptors (Lipinski definition) is 7. The van der Waals surface area contributed by atoms with Crippen LogP contribution in [0.1, 0.15) is 16.7 Å².